The number of para-hydroxylation sites is 2. The quantitative estimate of drug-likeness (QED) is 0.505. The van der Waals surface area contributed by atoms with E-state index in [-0.39, 0.29) is 31.4 Å². The van der Waals surface area contributed by atoms with Gasteiger partial charge >= 0.3 is 6.09 Å². The van der Waals surface area contributed by atoms with Crippen molar-refractivity contribution in [1.82, 2.24) is 10.6 Å². The van der Waals surface area contributed by atoms with Gasteiger partial charge in [-0.3, -0.25) is 9.59 Å². The molecule has 0 bridgehead atoms. The van der Waals surface area contributed by atoms with E-state index >= 15 is 0 Å². The third-order valence-electron chi connectivity index (χ3n) is 4.18. The van der Waals surface area contributed by atoms with E-state index in [0.717, 1.165) is 5.56 Å². The summed E-state index contributed by atoms with van der Waals surface area (Å²) in [7, 11) is 1.54. The van der Waals surface area contributed by atoms with Crippen LogP contribution < -0.4 is 25.4 Å². The Hall–Kier alpha value is -3.75. The van der Waals surface area contributed by atoms with Gasteiger partial charge in [0.05, 0.1) is 7.11 Å². The van der Waals surface area contributed by atoms with Gasteiger partial charge in [-0.15, -0.1) is 0 Å². The number of benzene rings is 2. The zero-order chi connectivity index (χ0) is 24.3. The van der Waals surface area contributed by atoms with Crippen LogP contribution in [0.2, 0.25) is 0 Å². The molecule has 0 unspecified atom stereocenters. The fourth-order valence-corrected chi connectivity index (χ4v) is 2.65. The average Bonchev–Trinajstić information content (AvgIpc) is 2.76. The van der Waals surface area contributed by atoms with E-state index in [1.165, 1.54) is 7.11 Å². The smallest absolute Gasteiger partial charge is 0.407 e. The Bertz CT molecular complexity index is 938. The minimum absolute atomic E-state index is 0.114. The maximum absolute atomic E-state index is 12.1. The second-order valence-electron chi connectivity index (χ2n) is 8.14. The van der Waals surface area contributed by atoms with Gasteiger partial charge in [-0.25, -0.2) is 4.79 Å². The molecule has 0 radical (unpaired) electrons. The van der Waals surface area contributed by atoms with Gasteiger partial charge in [-0.05, 0) is 50.6 Å². The summed E-state index contributed by atoms with van der Waals surface area (Å²) in [6.07, 6.45) is -0.446. The van der Waals surface area contributed by atoms with Crippen LogP contribution >= 0.6 is 0 Å². The van der Waals surface area contributed by atoms with Crippen molar-refractivity contribution in [2.75, 3.05) is 25.6 Å². The number of alkyl carbamates (subject to hydrolysis) is 1. The Balaban J connectivity index is 1.69. The lowest BCUT2D eigenvalue weighted by Crippen LogP contribution is -2.34. The van der Waals surface area contributed by atoms with Crippen molar-refractivity contribution in [2.24, 2.45) is 0 Å². The van der Waals surface area contributed by atoms with Crippen LogP contribution in [0.4, 0.5) is 10.5 Å². The van der Waals surface area contributed by atoms with Crippen molar-refractivity contribution in [3.05, 3.63) is 54.1 Å². The lowest BCUT2D eigenvalue weighted by atomic mass is 10.2. The standard InChI is InChI=1S/C24H31N3O6/c1-24(2,3)33-23(30)25-14-13-21(28)27-18-11-9-17(10-12-18)15-26-22(29)16-32-20-8-6-5-7-19(20)31-4/h5-12H,13-16H2,1-4H3,(H,25,30)(H,26,29)(H,27,28). The molecule has 3 N–H and O–H groups in total. The molecule has 0 saturated heterocycles. The fraction of sp³-hybridized carbons (Fsp3) is 0.375. The van der Waals surface area contributed by atoms with E-state index in [1.54, 1.807) is 63.2 Å². The molecule has 0 heterocycles. The van der Waals surface area contributed by atoms with Gasteiger partial charge in [0.1, 0.15) is 5.60 Å². The van der Waals surface area contributed by atoms with Crippen molar-refractivity contribution in [2.45, 2.75) is 39.3 Å². The SMILES string of the molecule is COc1ccccc1OCC(=O)NCc1ccc(NC(=O)CCNC(=O)OC(C)(C)C)cc1. The summed E-state index contributed by atoms with van der Waals surface area (Å²) < 4.78 is 15.8. The number of hydrogen-bond donors (Lipinski definition) is 3. The van der Waals surface area contributed by atoms with Crippen LogP contribution in [0.3, 0.4) is 0 Å². The second-order valence-corrected chi connectivity index (χ2v) is 8.14. The van der Waals surface area contributed by atoms with E-state index in [0.29, 0.717) is 23.7 Å². The van der Waals surface area contributed by atoms with Crippen LogP contribution in [0.25, 0.3) is 0 Å². The number of amides is 3. The molecule has 178 valence electrons. The molecule has 2 aromatic rings. The fourth-order valence-electron chi connectivity index (χ4n) is 2.65. The first-order valence-corrected chi connectivity index (χ1v) is 10.5. The number of carbonyl (C=O) groups excluding carboxylic acids is 3. The summed E-state index contributed by atoms with van der Waals surface area (Å²) in [5, 5.41) is 8.07. The van der Waals surface area contributed by atoms with Gasteiger partial charge in [0.25, 0.3) is 5.91 Å². The predicted molar refractivity (Wildman–Crippen MR) is 124 cm³/mol. The van der Waals surface area contributed by atoms with Gasteiger partial charge in [0.2, 0.25) is 5.91 Å². The summed E-state index contributed by atoms with van der Waals surface area (Å²) in [4.78, 5) is 35.7. The Morgan fingerprint density at radius 2 is 1.55 bits per heavy atom. The molecule has 33 heavy (non-hydrogen) atoms. The number of carbonyl (C=O) groups is 3. The summed E-state index contributed by atoms with van der Waals surface area (Å²) >= 11 is 0. The molecule has 0 spiro atoms. The van der Waals surface area contributed by atoms with Crippen LogP contribution in [0.15, 0.2) is 48.5 Å². The van der Waals surface area contributed by atoms with E-state index in [9.17, 15) is 14.4 Å². The van der Waals surface area contributed by atoms with Gasteiger partial charge in [0, 0.05) is 25.2 Å². The van der Waals surface area contributed by atoms with E-state index in [1.807, 2.05) is 6.07 Å². The Morgan fingerprint density at radius 3 is 2.18 bits per heavy atom. The van der Waals surface area contributed by atoms with Crippen LogP contribution in [-0.4, -0.2) is 43.8 Å². The summed E-state index contributed by atoms with van der Waals surface area (Å²) in [5.41, 5.74) is 0.896. The molecule has 2 rings (SSSR count). The lowest BCUT2D eigenvalue weighted by molar-refractivity contribution is -0.123. The van der Waals surface area contributed by atoms with Crippen LogP contribution in [-0.2, 0) is 20.9 Å². The molecule has 0 aliphatic carbocycles. The van der Waals surface area contributed by atoms with E-state index < -0.39 is 11.7 Å². The maximum atomic E-state index is 12.1. The monoisotopic (exact) mass is 457 g/mol. The van der Waals surface area contributed by atoms with Gasteiger partial charge in [-0.1, -0.05) is 24.3 Å². The number of methoxy groups -OCH3 is 1. The minimum Gasteiger partial charge on any atom is -0.493 e. The second kappa shape index (κ2) is 12.3. The predicted octanol–water partition coefficient (Wildman–Crippen LogP) is 3.24. The van der Waals surface area contributed by atoms with E-state index in [4.69, 9.17) is 14.2 Å². The first kappa shape index (κ1) is 25.5. The third-order valence-corrected chi connectivity index (χ3v) is 4.18. The summed E-state index contributed by atoms with van der Waals surface area (Å²) in [6.45, 7) is 5.66. The maximum Gasteiger partial charge on any atom is 0.407 e. The molecule has 0 aromatic heterocycles. The number of ether oxygens (including phenoxy) is 3. The molecular formula is C24H31N3O6. The minimum atomic E-state index is -0.587. The van der Waals surface area contributed by atoms with Gasteiger partial charge < -0.3 is 30.2 Å². The lowest BCUT2D eigenvalue weighted by Gasteiger charge is -2.19. The van der Waals surface area contributed by atoms with Crippen LogP contribution in [0.5, 0.6) is 11.5 Å². The van der Waals surface area contributed by atoms with E-state index in [2.05, 4.69) is 16.0 Å². The number of nitrogens with one attached hydrogen (secondary N) is 3. The molecule has 0 fully saturated rings. The molecule has 3 amide bonds. The molecule has 9 nitrogen and oxygen atoms in total. The molecular weight excluding hydrogens is 426 g/mol. The molecule has 0 aliphatic heterocycles. The number of anilines is 1. The Kier molecular flexibility index (Phi) is 9.53. The van der Waals surface area contributed by atoms with Gasteiger partial charge in [0.15, 0.2) is 18.1 Å². The summed E-state index contributed by atoms with van der Waals surface area (Å²) in [5.74, 6) is 0.552. The normalized spacial score (nSPS) is 10.7. The molecule has 2 aromatic carbocycles. The Labute approximate surface area is 193 Å². The van der Waals surface area contributed by atoms with Crippen molar-refractivity contribution < 1.29 is 28.6 Å². The molecule has 0 atom stereocenters. The first-order chi connectivity index (χ1) is 15.7. The molecule has 9 heteroatoms. The van der Waals surface area contributed by atoms with Crippen LogP contribution in [0, 0.1) is 0 Å². The van der Waals surface area contributed by atoms with Gasteiger partial charge in [-0.2, -0.15) is 0 Å². The highest BCUT2D eigenvalue weighted by Gasteiger charge is 2.16. The van der Waals surface area contributed by atoms with Crippen LogP contribution in [0.1, 0.15) is 32.8 Å². The highest BCUT2D eigenvalue weighted by Crippen LogP contribution is 2.25. The van der Waals surface area contributed by atoms with Crippen molar-refractivity contribution in [1.29, 1.82) is 0 Å². The molecule has 0 saturated carbocycles. The highest BCUT2D eigenvalue weighted by atomic mass is 16.6. The van der Waals surface area contributed by atoms with Crippen molar-refractivity contribution >= 4 is 23.6 Å². The van der Waals surface area contributed by atoms with Crippen molar-refractivity contribution in [3.8, 4) is 11.5 Å². The third kappa shape index (κ3) is 9.94. The number of rotatable bonds is 10. The zero-order valence-electron chi connectivity index (χ0n) is 19.4. The van der Waals surface area contributed by atoms with Crippen molar-refractivity contribution in [3.63, 3.8) is 0 Å². The summed E-state index contributed by atoms with van der Waals surface area (Å²) in [6, 6.07) is 14.2. The first-order valence-electron chi connectivity index (χ1n) is 10.5. The Morgan fingerprint density at radius 1 is 0.879 bits per heavy atom. The average molecular weight is 458 g/mol. The highest BCUT2D eigenvalue weighted by molar-refractivity contribution is 5.91. The largest absolute Gasteiger partial charge is 0.493 e. The zero-order valence-corrected chi connectivity index (χ0v) is 19.4. The topological polar surface area (TPSA) is 115 Å². The molecule has 0 aliphatic rings. The number of hydrogen-bond acceptors (Lipinski definition) is 6.